The number of rotatable bonds is 8. The monoisotopic (exact) mass is 330 g/mol. The summed E-state index contributed by atoms with van der Waals surface area (Å²) in [5, 5.41) is 13.9. The van der Waals surface area contributed by atoms with Crippen molar-refractivity contribution < 1.29 is 19.5 Å². The molecule has 0 aliphatic heterocycles. The van der Waals surface area contributed by atoms with Gasteiger partial charge < -0.3 is 15.7 Å². The van der Waals surface area contributed by atoms with Crippen LogP contribution >= 0.6 is 23.1 Å². The van der Waals surface area contributed by atoms with Crippen molar-refractivity contribution in [2.45, 2.75) is 19.4 Å². The number of aryl methyl sites for hydroxylation is 1. The standard InChI is InChI=1S/C13H18N2O4S2/c1-8-3-4-10(21-8)12(17)14-7-11(16)15-9(13(18)19)5-6-20-2/h3-4,9H,5-7H2,1-2H3,(H,14,17)(H,15,16)(H,18,19). The van der Waals surface area contributed by atoms with Crippen molar-refractivity contribution in [1.29, 1.82) is 0 Å². The molecular weight excluding hydrogens is 312 g/mol. The summed E-state index contributed by atoms with van der Waals surface area (Å²) in [4.78, 5) is 35.9. The first-order valence-electron chi connectivity index (χ1n) is 6.29. The predicted molar refractivity (Wildman–Crippen MR) is 84.0 cm³/mol. The summed E-state index contributed by atoms with van der Waals surface area (Å²) in [7, 11) is 0. The largest absolute Gasteiger partial charge is 0.480 e. The van der Waals surface area contributed by atoms with Crippen molar-refractivity contribution in [3.8, 4) is 0 Å². The molecule has 8 heteroatoms. The topological polar surface area (TPSA) is 95.5 Å². The molecule has 0 saturated heterocycles. The van der Waals surface area contributed by atoms with Gasteiger partial charge in [-0.05, 0) is 37.5 Å². The second kappa shape index (κ2) is 8.68. The van der Waals surface area contributed by atoms with Gasteiger partial charge in [0, 0.05) is 4.88 Å². The lowest BCUT2D eigenvalue weighted by Gasteiger charge is -2.14. The van der Waals surface area contributed by atoms with Crippen LogP contribution in [-0.2, 0) is 9.59 Å². The Balaban J connectivity index is 2.42. The fourth-order valence-corrected chi connectivity index (χ4v) is 2.80. The van der Waals surface area contributed by atoms with Crippen LogP contribution in [0.1, 0.15) is 21.0 Å². The normalized spacial score (nSPS) is 11.7. The van der Waals surface area contributed by atoms with Gasteiger partial charge in [-0.25, -0.2) is 4.79 Å². The maximum absolute atomic E-state index is 11.8. The number of nitrogens with one attached hydrogen (secondary N) is 2. The van der Waals surface area contributed by atoms with Crippen LogP contribution in [0.2, 0.25) is 0 Å². The minimum Gasteiger partial charge on any atom is -0.480 e. The maximum atomic E-state index is 11.8. The van der Waals surface area contributed by atoms with Crippen LogP contribution in [-0.4, -0.2) is 47.5 Å². The van der Waals surface area contributed by atoms with Gasteiger partial charge in [0.2, 0.25) is 5.91 Å². The molecule has 0 aromatic carbocycles. The zero-order valence-electron chi connectivity index (χ0n) is 11.8. The Morgan fingerprint density at radius 2 is 2.10 bits per heavy atom. The maximum Gasteiger partial charge on any atom is 0.326 e. The van der Waals surface area contributed by atoms with Gasteiger partial charge in [-0.15, -0.1) is 11.3 Å². The summed E-state index contributed by atoms with van der Waals surface area (Å²) in [6, 6.07) is 2.58. The van der Waals surface area contributed by atoms with E-state index in [9.17, 15) is 14.4 Å². The highest BCUT2D eigenvalue weighted by atomic mass is 32.2. The third-order valence-electron chi connectivity index (χ3n) is 2.62. The van der Waals surface area contributed by atoms with Crippen LogP contribution in [0.3, 0.4) is 0 Å². The summed E-state index contributed by atoms with van der Waals surface area (Å²) in [6.07, 6.45) is 2.21. The molecule has 1 aromatic heterocycles. The molecule has 2 amide bonds. The van der Waals surface area contributed by atoms with Gasteiger partial charge in [0.1, 0.15) is 6.04 Å². The van der Waals surface area contributed by atoms with Crippen molar-refractivity contribution in [2.75, 3.05) is 18.6 Å². The second-order valence-corrected chi connectivity index (χ2v) is 6.61. The lowest BCUT2D eigenvalue weighted by Crippen LogP contribution is -2.45. The number of carbonyl (C=O) groups is 3. The molecule has 0 fully saturated rings. The molecule has 0 radical (unpaired) electrons. The van der Waals surface area contributed by atoms with E-state index in [1.807, 2.05) is 19.2 Å². The van der Waals surface area contributed by atoms with Gasteiger partial charge in [0.25, 0.3) is 5.91 Å². The minimum atomic E-state index is -1.07. The van der Waals surface area contributed by atoms with Gasteiger partial charge in [-0.2, -0.15) is 11.8 Å². The third kappa shape index (κ3) is 6.17. The van der Waals surface area contributed by atoms with Crippen molar-refractivity contribution in [3.63, 3.8) is 0 Å². The van der Waals surface area contributed by atoms with Crippen molar-refractivity contribution in [3.05, 3.63) is 21.9 Å². The molecular formula is C13H18N2O4S2. The number of thiophene rings is 1. The van der Waals surface area contributed by atoms with Crippen LogP contribution in [0.15, 0.2) is 12.1 Å². The number of carboxylic acid groups (broad SMARTS) is 1. The molecule has 0 bridgehead atoms. The number of thioether (sulfide) groups is 1. The van der Waals surface area contributed by atoms with E-state index in [1.165, 1.54) is 23.1 Å². The summed E-state index contributed by atoms with van der Waals surface area (Å²) in [5.41, 5.74) is 0. The van der Waals surface area contributed by atoms with Gasteiger partial charge in [0.05, 0.1) is 11.4 Å². The Hall–Kier alpha value is -1.54. The molecule has 0 aliphatic carbocycles. The molecule has 1 atom stereocenters. The van der Waals surface area contributed by atoms with Gasteiger partial charge in [0.15, 0.2) is 0 Å². The zero-order valence-corrected chi connectivity index (χ0v) is 13.5. The van der Waals surface area contributed by atoms with E-state index in [1.54, 1.807) is 6.07 Å². The molecule has 116 valence electrons. The smallest absolute Gasteiger partial charge is 0.326 e. The Labute approximate surface area is 131 Å². The van der Waals surface area contributed by atoms with E-state index in [0.717, 1.165) is 4.88 Å². The molecule has 0 spiro atoms. The fraction of sp³-hybridized carbons (Fsp3) is 0.462. The Kier molecular flexibility index (Phi) is 7.24. The number of hydrogen-bond acceptors (Lipinski definition) is 5. The number of carboxylic acids is 1. The van der Waals surface area contributed by atoms with Crippen LogP contribution in [0, 0.1) is 6.92 Å². The first-order valence-corrected chi connectivity index (χ1v) is 8.50. The van der Waals surface area contributed by atoms with E-state index in [4.69, 9.17) is 5.11 Å². The van der Waals surface area contributed by atoms with Gasteiger partial charge in [-0.3, -0.25) is 9.59 Å². The average Bonchev–Trinajstić information content (AvgIpc) is 2.87. The van der Waals surface area contributed by atoms with E-state index >= 15 is 0 Å². The van der Waals surface area contributed by atoms with Gasteiger partial charge >= 0.3 is 5.97 Å². The first kappa shape index (κ1) is 17.5. The van der Waals surface area contributed by atoms with Crippen LogP contribution in [0.25, 0.3) is 0 Å². The SMILES string of the molecule is CSCCC(NC(=O)CNC(=O)c1ccc(C)s1)C(=O)O. The Morgan fingerprint density at radius 1 is 1.38 bits per heavy atom. The van der Waals surface area contributed by atoms with Crippen LogP contribution < -0.4 is 10.6 Å². The van der Waals surface area contributed by atoms with Crippen molar-refractivity contribution in [1.82, 2.24) is 10.6 Å². The predicted octanol–water partition coefficient (Wildman–Crippen LogP) is 1.11. The first-order chi connectivity index (χ1) is 9.93. The summed E-state index contributed by atoms with van der Waals surface area (Å²) in [5.74, 6) is -1.28. The molecule has 6 nitrogen and oxygen atoms in total. The van der Waals surface area contributed by atoms with Crippen LogP contribution in [0.4, 0.5) is 0 Å². The zero-order chi connectivity index (χ0) is 15.8. The summed E-state index contributed by atoms with van der Waals surface area (Å²) in [6.45, 7) is 1.65. The highest BCUT2D eigenvalue weighted by Crippen LogP contribution is 2.14. The van der Waals surface area contributed by atoms with E-state index in [2.05, 4.69) is 10.6 Å². The summed E-state index contributed by atoms with van der Waals surface area (Å²) >= 11 is 2.85. The quantitative estimate of drug-likeness (QED) is 0.663. The molecule has 0 saturated carbocycles. The third-order valence-corrected chi connectivity index (χ3v) is 4.26. The average molecular weight is 330 g/mol. The van der Waals surface area contributed by atoms with Crippen LogP contribution in [0.5, 0.6) is 0 Å². The molecule has 1 rings (SSSR count). The van der Waals surface area contributed by atoms with E-state index < -0.39 is 17.9 Å². The molecule has 1 heterocycles. The molecule has 1 unspecified atom stereocenters. The Bertz CT molecular complexity index is 516. The highest BCUT2D eigenvalue weighted by Gasteiger charge is 2.19. The highest BCUT2D eigenvalue weighted by molar-refractivity contribution is 7.98. The minimum absolute atomic E-state index is 0.237. The van der Waals surface area contributed by atoms with Gasteiger partial charge in [-0.1, -0.05) is 0 Å². The van der Waals surface area contributed by atoms with E-state index in [0.29, 0.717) is 17.1 Å². The number of aliphatic carboxylic acids is 1. The Morgan fingerprint density at radius 3 is 2.62 bits per heavy atom. The molecule has 1 aromatic rings. The number of hydrogen-bond donors (Lipinski definition) is 3. The number of amides is 2. The molecule has 0 aliphatic rings. The van der Waals surface area contributed by atoms with Crippen molar-refractivity contribution in [2.24, 2.45) is 0 Å². The fourth-order valence-electron chi connectivity index (χ4n) is 1.54. The lowest BCUT2D eigenvalue weighted by atomic mass is 10.2. The van der Waals surface area contributed by atoms with E-state index in [-0.39, 0.29) is 12.5 Å². The molecule has 3 N–H and O–H groups in total. The molecule has 21 heavy (non-hydrogen) atoms. The lowest BCUT2D eigenvalue weighted by molar-refractivity contribution is -0.141. The number of carbonyl (C=O) groups excluding carboxylic acids is 2. The van der Waals surface area contributed by atoms with Crippen molar-refractivity contribution >= 4 is 40.9 Å². The second-order valence-electron chi connectivity index (χ2n) is 4.33. The summed E-state index contributed by atoms with van der Waals surface area (Å²) < 4.78 is 0.